The van der Waals surface area contributed by atoms with Crippen molar-refractivity contribution in [3.05, 3.63) is 35.5 Å². The highest BCUT2D eigenvalue weighted by Gasteiger charge is 2.09. The van der Waals surface area contributed by atoms with Crippen molar-refractivity contribution in [3.8, 4) is 17.1 Å². The SMILES string of the molecule is CCCNc1ccnc(-c2ccc(Cl)cc2OC)n1. The van der Waals surface area contributed by atoms with E-state index in [-0.39, 0.29) is 0 Å². The molecule has 2 aromatic rings. The molecule has 1 heterocycles. The smallest absolute Gasteiger partial charge is 0.165 e. The quantitative estimate of drug-likeness (QED) is 0.907. The number of benzene rings is 1. The van der Waals surface area contributed by atoms with Crippen molar-refractivity contribution in [1.29, 1.82) is 0 Å². The molecule has 0 atom stereocenters. The van der Waals surface area contributed by atoms with Crippen molar-refractivity contribution in [1.82, 2.24) is 9.97 Å². The van der Waals surface area contributed by atoms with E-state index in [0.717, 1.165) is 24.3 Å². The van der Waals surface area contributed by atoms with Gasteiger partial charge in [0.05, 0.1) is 12.7 Å². The fourth-order valence-electron chi connectivity index (χ4n) is 1.69. The Kier molecular flexibility index (Phi) is 4.58. The van der Waals surface area contributed by atoms with Gasteiger partial charge in [-0.15, -0.1) is 0 Å². The third kappa shape index (κ3) is 3.35. The number of halogens is 1. The molecule has 1 aromatic carbocycles. The van der Waals surface area contributed by atoms with Gasteiger partial charge in [-0.25, -0.2) is 9.97 Å². The maximum Gasteiger partial charge on any atom is 0.165 e. The Morgan fingerprint density at radius 2 is 2.16 bits per heavy atom. The van der Waals surface area contributed by atoms with Gasteiger partial charge in [0.2, 0.25) is 0 Å². The second-order valence-corrected chi connectivity index (χ2v) is 4.47. The maximum atomic E-state index is 5.95. The molecule has 19 heavy (non-hydrogen) atoms. The zero-order valence-electron chi connectivity index (χ0n) is 11.0. The lowest BCUT2D eigenvalue weighted by molar-refractivity contribution is 0.416. The van der Waals surface area contributed by atoms with Crippen LogP contribution < -0.4 is 10.1 Å². The van der Waals surface area contributed by atoms with Crippen LogP contribution in [0.2, 0.25) is 5.02 Å². The summed E-state index contributed by atoms with van der Waals surface area (Å²) >= 11 is 5.95. The number of aromatic nitrogens is 2. The van der Waals surface area contributed by atoms with Crippen molar-refractivity contribution in [2.75, 3.05) is 19.0 Å². The summed E-state index contributed by atoms with van der Waals surface area (Å²) in [6.45, 7) is 2.99. The molecule has 0 saturated carbocycles. The van der Waals surface area contributed by atoms with Crippen molar-refractivity contribution < 1.29 is 4.74 Å². The first kappa shape index (κ1) is 13.6. The minimum absolute atomic E-state index is 0.620. The number of hydrogen-bond donors (Lipinski definition) is 1. The van der Waals surface area contributed by atoms with Gasteiger partial charge in [0.1, 0.15) is 11.6 Å². The molecule has 1 N–H and O–H groups in total. The second kappa shape index (κ2) is 6.38. The van der Waals surface area contributed by atoms with Crippen LogP contribution in [0.25, 0.3) is 11.4 Å². The highest BCUT2D eigenvalue weighted by molar-refractivity contribution is 6.30. The van der Waals surface area contributed by atoms with Crippen LogP contribution in [0.3, 0.4) is 0 Å². The zero-order valence-corrected chi connectivity index (χ0v) is 11.7. The van der Waals surface area contributed by atoms with E-state index in [1.807, 2.05) is 12.1 Å². The lowest BCUT2D eigenvalue weighted by Crippen LogP contribution is -2.03. The fourth-order valence-corrected chi connectivity index (χ4v) is 1.85. The summed E-state index contributed by atoms with van der Waals surface area (Å²) in [6.07, 6.45) is 2.78. The number of methoxy groups -OCH3 is 1. The third-order valence-electron chi connectivity index (χ3n) is 2.62. The first-order valence-corrected chi connectivity index (χ1v) is 6.53. The lowest BCUT2D eigenvalue weighted by atomic mass is 10.2. The Labute approximate surface area is 117 Å². The van der Waals surface area contributed by atoms with Gasteiger partial charge in [0, 0.05) is 17.8 Å². The van der Waals surface area contributed by atoms with Gasteiger partial charge in [-0.1, -0.05) is 18.5 Å². The summed E-state index contributed by atoms with van der Waals surface area (Å²) < 4.78 is 5.32. The summed E-state index contributed by atoms with van der Waals surface area (Å²) in [5.74, 6) is 2.10. The molecule has 0 unspecified atom stereocenters. The standard InChI is InChI=1S/C14H16ClN3O/c1-3-7-16-13-6-8-17-14(18-13)11-5-4-10(15)9-12(11)19-2/h4-6,8-9H,3,7H2,1-2H3,(H,16,17,18). The van der Waals surface area contributed by atoms with E-state index in [4.69, 9.17) is 16.3 Å². The van der Waals surface area contributed by atoms with Crippen LogP contribution in [-0.2, 0) is 0 Å². The normalized spacial score (nSPS) is 10.3. The van der Waals surface area contributed by atoms with Gasteiger partial charge >= 0.3 is 0 Å². The van der Waals surface area contributed by atoms with E-state index in [1.54, 1.807) is 25.4 Å². The summed E-state index contributed by atoms with van der Waals surface area (Å²) in [6, 6.07) is 7.27. The summed E-state index contributed by atoms with van der Waals surface area (Å²) in [7, 11) is 1.61. The number of rotatable bonds is 5. The van der Waals surface area contributed by atoms with E-state index in [0.29, 0.717) is 16.6 Å². The van der Waals surface area contributed by atoms with Crippen molar-refractivity contribution in [3.63, 3.8) is 0 Å². The molecule has 0 spiro atoms. The summed E-state index contributed by atoms with van der Waals surface area (Å²) in [5.41, 5.74) is 0.826. The van der Waals surface area contributed by atoms with Crippen molar-refractivity contribution in [2.45, 2.75) is 13.3 Å². The van der Waals surface area contributed by atoms with Crippen LogP contribution in [0.15, 0.2) is 30.5 Å². The monoisotopic (exact) mass is 277 g/mol. The number of anilines is 1. The van der Waals surface area contributed by atoms with E-state index in [9.17, 15) is 0 Å². The molecular weight excluding hydrogens is 262 g/mol. The van der Waals surface area contributed by atoms with Gasteiger partial charge in [0.15, 0.2) is 5.82 Å². The summed E-state index contributed by atoms with van der Waals surface area (Å²) in [5, 5.41) is 3.86. The summed E-state index contributed by atoms with van der Waals surface area (Å²) in [4.78, 5) is 8.76. The molecule has 1 aromatic heterocycles. The van der Waals surface area contributed by atoms with Crippen LogP contribution >= 0.6 is 11.6 Å². The first-order valence-electron chi connectivity index (χ1n) is 6.15. The van der Waals surface area contributed by atoms with E-state index in [2.05, 4.69) is 22.2 Å². The van der Waals surface area contributed by atoms with Crippen molar-refractivity contribution >= 4 is 17.4 Å². The molecule has 0 amide bonds. The van der Waals surface area contributed by atoms with Gasteiger partial charge in [-0.05, 0) is 30.7 Å². The number of hydrogen-bond acceptors (Lipinski definition) is 4. The highest BCUT2D eigenvalue weighted by Crippen LogP contribution is 2.30. The molecule has 4 nitrogen and oxygen atoms in total. The molecule has 0 bridgehead atoms. The Morgan fingerprint density at radius 3 is 2.89 bits per heavy atom. The van der Waals surface area contributed by atoms with Gasteiger partial charge < -0.3 is 10.1 Å². The van der Waals surface area contributed by atoms with Crippen LogP contribution in [0.4, 0.5) is 5.82 Å². The van der Waals surface area contributed by atoms with Crippen molar-refractivity contribution in [2.24, 2.45) is 0 Å². The van der Waals surface area contributed by atoms with Gasteiger partial charge in [-0.2, -0.15) is 0 Å². The number of ether oxygens (including phenoxy) is 1. The van der Waals surface area contributed by atoms with Crippen LogP contribution in [0.1, 0.15) is 13.3 Å². The largest absolute Gasteiger partial charge is 0.496 e. The van der Waals surface area contributed by atoms with Crippen LogP contribution in [0.5, 0.6) is 5.75 Å². The van der Waals surface area contributed by atoms with E-state index in [1.165, 1.54) is 0 Å². The topological polar surface area (TPSA) is 47.0 Å². The predicted molar refractivity (Wildman–Crippen MR) is 77.8 cm³/mol. The fraction of sp³-hybridized carbons (Fsp3) is 0.286. The Hall–Kier alpha value is -1.81. The average molecular weight is 278 g/mol. The molecule has 5 heteroatoms. The minimum atomic E-state index is 0.620. The lowest BCUT2D eigenvalue weighted by Gasteiger charge is -2.09. The minimum Gasteiger partial charge on any atom is -0.496 e. The number of nitrogens with zero attached hydrogens (tertiary/aromatic N) is 2. The zero-order chi connectivity index (χ0) is 13.7. The molecule has 2 rings (SSSR count). The molecule has 0 aliphatic rings. The van der Waals surface area contributed by atoms with Gasteiger partial charge in [0.25, 0.3) is 0 Å². The average Bonchev–Trinajstić information content (AvgIpc) is 2.45. The Morgan fingerprint density at radius 1 is 1.32 bits per heavy atom. The first-order chi connectivity index (χ1) is 9.24. The maximum absolute atomic E-state index is 5.95. The van der Waals surface area contributed by atoms with Crippen LogP contribution in [0, 0.1) is 0 Å². The Balaban J connectivity index is 2.35. The number of nitrogens with one attached hydrogen (secondary N) is 1. The van der Waals surface area contributed by atoms with E-state index >= 15 is 0 Å². The molecule has 0 aliphatic heterocycles. The third-order valence-corrected chi connectivity index (χ3v) is 2.85. The molecule has 0 radical (unpaired) electrons. The molecule has 100 valence electrons. The van der Waals surface area contributed by atoms with Crippen LogP contribution in [-0.4, -0.2) is 23.6 Å². The van der Waals surface area contributed by atoms with Gasteiger partial charge in [-0.3, -0.25) is 0 Å². The second-order valence-electron chi connectivity index (χ2n) is 4.04. The highest BCUT2D eigenvalue weighted by atomic mass is 35.5. The Bertz CT molecular complexity index is 560. The predicted octanol–water partition coefficient (Wildman–Crippen LogP) is 3.63. The molecule has 0 saturated heterocycles. The van der Waals surface area contributed by atoms with E-state index < -0.39 is 0 Å². The molecule has 0 aliphatic carbocycles. The molecule has 0 fully saturated rings. The molecular formula is C14H16ClN3O.